The fraction of sp³-hybridized carbons (Fsp3) is 0.909. The quantitative estimate of drug-likeness (QED) is 0.356. The predicted molar refractivity (Wildman–Crippen MR) is 63.6 cm³/mol. The maximum atomic E-state index is 5.77. The van der Waals surface area contributed by atoms with E-state index in [4.69, 9.17) is 5.41 Å². The van der Waals surface area contributed by atoms with Gasteiger partial charge in [-0.1, -0.05) is 65.2 Å². The number of thiocarbonyl (C=S) groups is 1. The Kier molecular flexibility index (Phi) is 20.9. The third-order valence-electron chi connectivity index (χ3n) is 1.96. The van der Waals surface area contributed by atoms with Gasteiger partial charge in [0.25, 0.3) is 0 Å². The molecule has 1 N–H and O–H groups in total. The summed E-state index contributed by atoms with van der Waals surface area (Å²) in [6, 6.07) is 0. The number of hydrogen-bond acceptors (Lipinski definition) is 2. The first-order valence-corrected chi connectivity index (χ1v) is 5.78. The summed E-state index contributed by atoms with van der Waals surface area (Å²) >= 11 is 3.81. The van der Waals surface area contributed by atoms with E-state index in [-0.39, 0.29) is 0 Å². The van der Waals surface area contributed by atoms with Crippen LogP contribution in [0.1, 0.15) is 65.2 Å². The molecule has 0 bridgehead atoms. The maximum absolute atomic E-state index is 5.77. The Morgan fingerprint density at radius 2 is 1.08 bits per heavy atom. The summed E-state index contributed by atoms with van der Waals surface area (Å²) in [5.74, 6) is 0. The van der Waals surface area contributed by atoms with Crippen molar-refractivity contribution in [1.29, 1.82) is 5.41 Å². The second-order valence-electron chi connectivity index (χ2n) is 3.22. The molecule has 0 amide bonds. The van der Waals surface area contributed by atoms with Gasteiger partial charge >= 0.3 is 0 Å². The number of nitrogens with one attached hydrogen (secondary N) is 1. The van der Waals surface area contributed by atoms with Crippen LogP contribution in [0.2, 0.25) is 0 Å². The van der Waals surface area contributed by atoms with Crippen LogP contribution in [0.15, 0.2) is 0 Å². The lowest BCUT2D eigenvalue weighted by atomic mass is 10.1. The van der Waals surface area contributed by atoms with E-state index in [1.807, 2.05) is 0 Å². The van der Waals surface area contributed by atoms with Gasteiger partial charge in [-0.15, -0.1) is 0 Å². The fourth-order valence-electron chi connectivity index (χ4n) is 1.21. The van der Waals surface area contributed by atoms with Gasteiger partial charge in [0, 0.05) is 0 Å². The molecule has 1 nitrogen and oxygen atoms in total. The zero-order valence-electron chi connectivity index (χ0n) is 9.07. The first-order chi connectivity index (χ1) is 6.33. The van der Waals surface area contributed by atoms with Crippen molar-refractivity contribution in [3.8, 4) is 0 Å². The first kappa shape index (κ1) is 15.3. The van der Waals surface area contributed by atoms with Crippen LogP contribution in [0.25, 0.3) is 0 Å². The summed E-state index contributed by atoms with van der Waals surface area (Å²) in [7, 11) is 0. The molecule has 2 heteroatoms. The van der Waals surface area contributed by atoms with Crippen LogP contribution in [0.5, 0.6) is 0 Å². The molecule has 0 saturated carbocycles. The molecular formula is C11H23NS. The summed E-state index contributed by atoms with van der Waals surface area (Å²) < 4.78 is 0. The molecule has 0 aliphatic heterocycles. The number of isothiocyanates is 1. The Morgan fingerprint density at radius 3 is 1.31 bits per heavy atom. The van der Waals surface area contributed by atoms with Crippen LogP contribution in [-0.4, -0.2) is 5.16 Å². The Hall–Kier alpha value is -0.200. The fourth-order valence-corrected chi connectivity index (χ4v) is 1.21. The molecule has 0 heterocycles. The number of hydrogen-bond donors (Lipinski definition) is 1. The lowest BCUT2D eigenvalue weighted by molar-refractivity contribution is 0.585. The van der Waals surface area contributed by atoms with Gasteiger partial charge in [0.2, 0.25) is 0 Å². The van der Waals surface area contributed by atoms with Gasteiger partial charge in [0.1, 0.15) is 0 Å². The lowest BCUT2D eigenvalue weighted by Crippen LogP contribution is -1.77. The van der Waals surface area contributed by atoms with E-state index in [1.54, 1.807) is 5.16 Å². The summed E-state index contributed by atoms with van der Waals surface area (Å²) in [6.07, 6.45) is 11.5. The van der Waals surface area contributed by atoms with E-state index in [1.165, 1.54) is 51.4 Å². The van der Waals surface area contributed by atoms with Crippen LogP contribution in [0.3, 0.4) is 0 Å². The largest absolute Gasteiger partial charge is 0.248 e. The monoisotopic (exact) mass is 201 g/mol. The van der Waals surface area contributed by atoms with E-state index >= 15 is 0 Å². The van der Waals surface area contributed by atoms with Gasteiger partial charge in [-0.05, 0) is 12.2 Å². The van der Waals surface area contributed by atoms with Crippen molar-refractivity contribution >= 4 is 17.4 Å². The van der Waals surface area contributed by atoms with Crippen LogP contribution in [0, 0.1) is 5.41 Å². The predicted octanol–water partition coefficient (Wildman–Crippen LogP) is 4.81. The van der Waals surface area contributed by atoms with Crippen LogP contribution < -0.4 is 0 Å². The van der Waals surface area contributed by atoms with Gasteiger partial charge in [-0.3, -0.25) is 0 Å². The zero-order chi connectivity index (χ0) is 10.4. The highest BCUT2D eigenvalue weighted by Crippen LogP contribution is 2.07. The number of rotatable bonds is 7. The summed E-state index contributed by atoms with van der Waals surface area (Å²) in [6.45, 7) is 4.54. The van der Waals surface area contributed by atoms with Gasteiger partial charge in [0.15, 0.2) is 0 Å². The molecule has 0 radical (unpaired) electrons. The molecular weight excluding hydrogens is 178 g/mol. The highest BCUT2D eigenvalue weighted by molar-refractivity contribution is 7.78. The van der Waals surface area contributed by atoms with Crippen molar-refractivity contribution in [1.82, 2.24) is 0 Å². The molecule has 0 atom stereocenters. The zero-order valence-corrected chi connectivity index (χ0v) is 9.88. The average Bonchev–Trinajstić information content (AvgIpc) is 2.13. The van der Waals surface area contributed by atoms with Crippen LogP contribution >= 0.6 is 12.2 Å². The second-order valence-corrected chi connectivity index (χ2v) is 3.43. The molecule has 0 aromatic heterocycles. The van der Waals surface area contributed by atoms with Gasteiger partial charge in [-0.25, -0.2) is 5.41 Å². The number of unbranched alkanes of at least 4 members (excludes halogenated alkanes) is 7. The molecule has 0 rings (SSSR count). The third-order valence-corrected chi connectivity index (χ3v) is 1.96. The van der Waals surface area contributed by atoms with E-state index in [0.29, 0.717) is 0 Å². The molecule has 0 aliphatic rings. The lowest BCUT2D eigenvalue weighted by Gasteiger charge is -1.97. The van der Waals surface area contributed by atoms with E-state index in [9.17, 15) is 0 Å². The smallest absolute Gasteiger partial charge is 0.0554 e. The average molecular weight is 201 g/mol. The first-order valence-electron chi connectivity index (χ1n) is 5.37. The van der Waals surface area contributed by atoms with E-state index in [2.05, 4.69) is 26.1 Å². The SMILES string of the molecule is CCCCCCCCCC.N=C=S. The van der Waals surface area contributed by atoms with Crippen molar-refractivity contribution in [2.75, 3.05) is 0 Å². The molecule has 0 aromatic carbocycles. The molecule has 13 heavy (non-hydrogen) atoms. The summed E-state index contributed by atoms with van der Waals surface area (Å²) in [4.78, 5) is 0. The van der Waals surface area contributed by atoms with Crippen molar-refractivity contribution < 1.29 is 0 Å². The van der Waals surface area contributed by atoms with Crippen LogP contribution in [0.4, 0.5) is 0 Å². The Balaban J connectivity index is 0. The maximum Gasteiger partial charge on any atom is 0.0554 e. The standard InChI is InChI=1S/C10H22.CHNS/c1-3-5-7-9-10-8-6-4-2;2-1-3/h3-10H2,1-2H3;2H. The molecule has 0 saturated heterocycles. The summed E-state index contributed by atoms with van der Waals surface area (Å²) in [5.41, 5.74) is 0. The molecule has 0 aromatic rings. The van der Waals surface area contributed by atoms with Gasteiger partial charge < -0.3 is 0 Å². The van der Waals surface area contributed by atoms with E-state index < -0.39 is 0 Å². The molecule has 78 valence electrons. The van der Waals surface area contributed by atoms with Crippen molar-refractivity contribution in [3.05, 3.63) is 0 Å². The minimum atomic E-state index is 1.37. The Morgan fingerprint density at radius 1 is 0.846 bits per heavy atom. The van der Waals surface area contributed by atoms with Crippen LogP contribution in [-0.2, 0) is 0 Å². The van der Waals surface area contributed by atoms with Crippen molar-refractivity contribution in [2.24, 2.45) is 0 Å². The van der Waals surface area contributed by atoms with Gasteiger partial charge in [-0.2, -0.15) is 0 Å². The molecule has 0 aliphatic carbocycles. The highest BCUT2D eigenvalue weighted by Gasteiger charge is 1.87. The Labute approximate surface area is 88.4 Å². The Bertz CT molecular complexity index is 98.7. The van der Waals surface area contributed by atoms with Crippen molar-refractivity contribution in [3.63, 3.8) is 0 Å². The second kappa shape index (κ2) is 17.8. The normalized spacial score (nSPS) is 8.46. The highest BCUT2D eigenvalue weighted by atomic mass is 32.1. The van der Waals surface area contributed by atoms with Gasteiger partial charge in [0.05, 0.1) is 5.16 Å². The topological polar surface area (TPSA) is 23.9 Å². The third kappa shape index (κ3) is 24.5. The summed E-state index contributed by atoms with van der Waals surface area (Å²) in [5, 5.41) is 7.36. The molecule has 0 fully saturated rings. The molecule has 0 unspecified atom stereocenters. The minimum Gasteiger partial charge on any atom is -0.248 e. The van der Waals surface area contributed by atoms with E-state index in [0.717, 1.165) is 0 Å². The molecule has 0 spiro atoms. The van der Waals surface area contributed by atoms with Crippen molar-refractivity contribution in [2.45, 2.75) is 65.2 Å². The minimum absolute atomic E-state index is 1.37.